The molecule has 2 saturated heterocycles. The van der Waals surface area contributed by atoms with Crippen LogP contribution < -0.4 is 10.8 Å². The van der Waals surface area contributed by atoms with E-state index in [9.17, 15) is 9.59 Å². The maximum Gasteiger partial charge on any atom is 0.258 e. The third-order valence-electron chi connectivity index (χ3n) is 1.73. The highest BCUT2D eigenvalue weighted by Gasteiger charge is 2.46. The molecule has 0 spiro atoms. The summed E-state index contributed by atoms with van der Waals surface area (Å²) in [4.78, 5) is 26.4. The van der Waals surface area contributed by atoms with Crippen LogP contribution in [0, 0.1) is 5.92 Å². The molecule has 0 radical (unpaired) electrons. The monoisotopic (exact) mass is 142 g/mol. The van der Waals surface area contributed by atoms with Gasteiger partial charge in [0.25, 0.3) is 5.91 Å². The molecule has 10 heavy (non-hydrogen) atoms. The Morgan fingerprint density at radius 1 is 1.40 bits per heavy atom. The van der Waals surface area contributed by atoms with Gasteiger partial charge in [0.2, 0.25) is 5.91 Å². The number of carbonyl (C=O) groups is 2. The first-order valence-corrected chi connectivity index (χ1v) is 3.02. The highest BCUT2D eigenvalue weighted by Crippen LogP contribution is 2.18. The highest BCUT2D eigenvalue weighted by atomic mass is 16.7. The van der Waals surface area contributed by atoms with E-state index in [1.165, 1.54) is 0 Å². The molecule has 2 aliphatic rings. The maximum absolute atomic E-state index is 10.8. The zero-order chi connectivity index (χ0) is 7.14. The molecule has 2 aliphatic heterocycles. The van der Waals surface area contributed by atoms with Crippen LogP contribution in [0.3, 0.4) is 0 Å². The zero-order valence-corrected chi connectivity index (χ0v) is 5.09. The van der Waals surface area contributed by atoms with Crippen LogP contribution in [0.4, 0.5) is 0 Å². The Morgan fingerprint density at radius 3 is 2.90 bits per heavy atom. The summed E-state index contributed by atoms with van der Waals surface area (Å²) in [5.41, 5.74) is 2.15. The Morgan fingerprint density at radius 2 is 2.20 bits per heavy atom. The molecule has 2 fully saturated rings. The van der Waals surface area contributed by atoms with Gasteiger partial charge in [0.05, 0.1) is 0 Å². The van der Waals surface area contributed by atoms with Gasteiger partial charge in [-0.25, -0.2) is 5.48 Å². The molecule has 5 nitrogen and oxygen atoms in total. The lowest BCUT2D eigenvalue weighted by Crippen LogP contribution is -2.29. The van der Waals surface area contributed by atoms with Crippen molar-refractivity contribution in [2.45, 2.75) is 6.10 Å². The molecule has 0 bridgehead atoms. The van der Waals surface area contributed by atoms with Gasteiger partial charge in [0.1, 0.15) is 12.0 Å². The van der Waals surface area contributed by atoms with Gasteiger partial charge < -0.3 is 5.32 Å². The fourth-order valence-corrected chi connectivity index (χ4v) is 1.19. The number of amides is 2. The van der Waals surface area contributed by atoms with Gasteiger partial charge in [-0.15, -0.1) is 0 Å². The first-order chi connectivity index (χ1) is 4.79. The number of hydrogen-bond donors (Lipinski definition) is 2. The summed E-state index contributed by atoms with van der Waals surface area (Å²) in [5, 5.41) is 2.53. The smallest absolute Gasteiger partial charge is 0.258 e. The van der Waals surface area contributed by atoms with Gasteiger partial charge >= 0.3 is 0 Å². The van der Waals surface area contributed by atoms with E-state index in [1.807, 2.05) is 0 Å². The van der Waals surface area contributed by atoms with Crippen LogP contribution >= 0.6 is 0 Å². The Kier molecular flexibility index (Phi) is 0.960. The fraction of sp³-hybridized carbons (Fsp3) is 0.600. The van der Waals surface area contributed by atoms with E-state index in [0.717, 1.165) is 0 Å². The molecule has 0 aliphatic carbocycles. The fourth-order valence-electron chi connectivity index (χ4n) is 1.19. The number of fused-ring (bicyclic) bond motifs is 1. The van der Waals surface area contributed by atoms with Crippen molar-refractivity contribution in [3.8, 4) is 0 Å². The van der Waals surface area contributed by atoms with Crippen molar-refractivity contribution in [1.82, 2.24) is 10.8 Å². The van der Waals surface area contributed by atoms with Crippen molar-refractivity contribution in [3.05, 3.63) is 0 Å². The van der Waals surface area contributed by atoms with Gasteiger partial charge in [-0.3, -0.25) is 14.4 Å². The number of hydroxylamine groups is 1. The molecule has 2 amide bonds. The van der Waals surface area contributed by atoms with E-state index < -0.39 is 5.92 Å². The largest absolute Gasteiger partial charge is 0.353 e. The molecular weight excluding hydrogens is 136 g/mol. The Bertz CT molecular complexity index is 183. The molecule has 2 rings (SSSR count). The van der Waals surface area contributed by atoms with Crippen LogP contribution in [-0.4, -0.2) is 24.5 Å². The van der Waals surface area contributed by atoms with Crippen molar-refractivity contribution in [3.63, 3.8) is 0 Å². The highest BCUT2D eigenvalue weighted by molar-refractivity contribution is 6.03. The normalized spacial score (nSPS) is 37.2. The summed E-state index contributed by atoms with van der Waals surface area (Å²) >= 11 is 0. The number of carbonyl (C=O) groups excluding carboxylic acids is 2. The van der Waals surface area contributed by atoms with Gasteiger partial charge in [0.15, 0.2) is 0 Å². The third kappa shape index (κ3) is 0.550. The van der Waals surface area contributed by atoms with Crippen LogP contribution in [0.15, 0.2) is 0 Å². The summed E-state index contributed by atoms with van der Waals surface area (Å²) in [6.45, 7) is 0.433. The van der Waals surface area contributed by atoms with Crippen molar-refractivity contribution >= 4 is 11.8 Å². The Labute approximate surface area is 56.7 Å². The topological polar surface area (TPSA) is 67.4 Å². The first-order valence-electron chi connectivity index (χ1n) is 3.02. The molecule has 0 aromatic carbocycles. The molecule has 2 heterocycles. The van der Waals surface area contributed by atoms with Crippen LogP contribution in [0.2, 0.25) is 0 Å². The predicted molar refractivity (Wildman–Crippen MR) is 29.5 cm³/mol. The SMILES string of the molecule is O=C1NCC2ONC(=O)C12. The predicted octanol–water partition coefficient (Wildman–Crippen LogP) is -1.84. The van der Waals surface area contributed by atoms with Gasteiger partial charge in [0, 0.05) is 6.54 Å². The maximum atomic E-state index is 10.8. The molecule has 2 N–H and O–H groups in total. The average Bonchev–Trinajstić information content (AvgIpc) is 2.40. The summed E-state index contributed by atoms with van der Waals surface area (Å²) in [5.74, 6) is -1.18. The van der Waals surface area contributed by atoms with Gasteiger partial charge in [-0.05, 0) is 0 Å². The minimum absolute atomic E-state index is 0.236. The van der Waals surface area contributed by atoms with E-state index in [-0.39, 0.29) is 17.9 Å². The van der Waals surface area contributed by atoms with Crippen molar-refractivity contribution in [2.75, 3.05) is 6.54 Å². The molecule has 2 atom stereocenters. The van der Waals surface area contributed by atoms with E-state index in [1.54, 1.807) is 0 Å². The third-order valence-corrected chi connectivity index (χ3v) is 1.73. The lowest BCUT2D eigenvalue weighted by molar-refractivity contribution is -0.132. The summed E-state index contributed by atoms with van der Waals surface area (Å²) < 4.78 is 0. The van der Waals surface area contributed by atoms with Crippen LogP contribution in [0.5, 0.6) is 0 Å². The van der Waals surface area contributed by atoms with Crippen molar-refractivity contribution < 1.29 is 14.4 Å². The van der Waals surface area contributed by atoms with Crippen LogP contribution in [0.1, 0.15) is 0 Å². The van der Waals surface area contributed by atoms with Crippen LogP contribution in [0.25, 0.3) is 0 Å². The molecule has 0 aromatic heterocycles. The van der Waals surface area contributed by atoms with E-state index in [4.69, 9.17) is 4.84 Å². The van der Waals surface area contributed by atoms with Crippen molar-refractivity contribution in [2.24, 2.45) is 5.92 Å². The summed E-state index contributed by atoms with van der Waals surface area (Å²) in [6, 6.07) is 0. The van der Waals surface area contributed by atoms with E-state index in [2.05, 4.69) is 10.8 Å². The molecule has 0 saturated carbocycles. The van der Waals surface area contributed by atoms with E-state index in [0.29, 0.717) is 6.54 Å². The standard InChI is InChI=1S/C5H6N2O3/c8-4-3-2(1-6-4)10-7-5(3)9/h2-3H,1H2,(H,6,8)(H,7,9). The lowest BCUT2D eigenvalue weighted by Gasteiger charge is -1.96. The molecule has 2 unspecified atom stereocenters. The molecule has 0 aromatic rings. The zero-order valence-electron chi connectivity index (χ0n) is 5.09. The lowest BCUT2D eigenvalue weighted by atomic mass is 10.1. The number of hydrogen-bond acceptors (Lipinski definition) is 3. The summed E-state index contributed by atoms with van der Waals surface area (Å²) in [6.07, 6.45) is -0.292. The molecule has 54 valence electrons. The average molecular weight is 142 g/mol. The Balaban J connectivity index is 2.26. The second kappa shape index (κ2) is 1.69. The van der Waals surface area contributed by atoms with E-state index >= 15 is 0 Å². The second-order valence-electron chi connectivity index (χ2n) is 2.35. The molecular formula is C5H6N2O3. The molecule has 5 heteroatoms. The quantitative estimate of drug-likeness (QED) is 0.391. The number of nitrogens with one attached hydrogen (secondary N) is 2. The van der Waals surface area contributed by atoms with Gasteiger partial charge in [-0.1, -0.05) is 0 Å². The van der Waals surface area contributed by atoms with Gasteiger partial charge in [-0.2, -0.15) is 0 Å². The minimum Gasteiger partial charge on any atom is -0.353 e. The Hall–Kier alpha value is -1.10. The van der Waals surface area contributed by atoms with Crippen LogP contribution in [-0.2, 0) is 14.4 Å². The second-order valence-corrected chi connectivity index (χ2v) is 2.35. The minimum atomic E-state index is -0.611. The number of rotatable bonds is 0. The summed E-state index contributed by atoms with van der Waals surface area (Å²) in [7, 11) is 0. The van der Waals surface area contributed by atoms with Crippen molar-refractivity contribution in [1.29, 1.82) is 0 Å². The first kappa shape index (κ1) is 5.67.